The van der Waals surface area contributed by atoms with E-state index in [1.54, 1.807) is 18.2 Å². The molecule has 0 bridgehead atoms. The van der Waals surface area contributed by atoms with Crippen molar-refractivity contribution in [2.24, 2.45) is 0 Å². The largest absolute Gasteiger partial charge is 0.486 e. The summed E-state index contributed by atoms with van der Waals surface area (Å²) in [5, 5.41) is 8.37. The van der Waals surface area contributed by atoms with E-state index in [0.717, 1.165) is 16.9 Å². The number of nitrogens with one attached hydrogen (secondary N) is 1. The molecule has 0 saturated heterocycles. The standard InChI is InChI=1S/C19H18ClN3O3S/c1-12-8-15(6-7-16(12)20)26-10-17-21-19(23-22-17)27-11-13-4-3-5-14(9-13)18(24)25-2/h3-9H,10-11H2,1-2H3,(H,21,22,23). The van der Waals surface area contributed by atoms with Gasteiger partial charge in [0.15, 0.2) is 5.82 Å². The molecule has 27 heavy (non-hydrogen) atoms. The minimum atomic E-state index is -0.350. The maximum Gasteiger partial charge on any atom is 0.337 e. The lowest BCUT2D eigenvalue weighted by Crippen LogP contribution is -2.01. The van der Waals surface area contributed by atoms with Crippen LogP contribution in [0.2, 0.25) is 5.02 Å². The van der Waals surface area contributed by atoms with Crippen LogP contribution in [0.5, 0.6) is 5.75 Å². The first kappa shape index (κ1) is 19.3. The fourth-order valence-electron chi connectivity index (χ4n) is 2.32. The molecular weight excluding hydrogens is 386 g/mol. The van der Waals surface area contributed by atoms with Gasteiger partial charge in [-0.15, -0.1) is 5.10 Å². The third kappa shape index (κ3) is 5.24. The molecule has 0 unspecified atom stereocenters. The summed E-state index contributed by atoms with van der Waals surface area (Å²) in [6, 6.07) is 12.8. The monoisotopic (exact) mass is 403 g/mol. The van der Waals surface area contributed by atoms with E-state index in [0.29, 0.717) is 27.3 Å². The second-order valence-corrected chi connectivity index (χ2v) is 7.09. The van der Waals surface area contributed by atoms with Crippen molar-refractivity contribution in [3.8, 4) is 5.75 Å². The number of rotatable bonds is 7. The van der Waals surface area contributed by atoms with Crippen molar-refractivity contribution in [1.82, 2.24) is 15.2 Å². The summed E-state index contributed by atoms with van der Waals surface area (Å²) in [5.74, 6) is 1.64. The fourth-order valence-corrected chi connectivity index (χ4v) is 3.20. The minimum Gasteiger partial charge on any atom is -0.486 e. The average Bonchev–Trinajstić information content (AvgIpc) is 3.15. The van der Waals surface area contributed by atoms with Crippen LogP contribution in [-0.2, 0) is 17.1 Å². The summed E-state index contributed by atoms with van der Waals surface area (Å²) >= 11 is 7.48. The Morgan fingerprint density at radius 3 is 2.89 bits per heavy atom. The highest BCUT2D eigenvalue weighted by atomic mass is 35.5. The maximum atomic E-state index is 11.6. The molecule has 0 fully saturated rings. The van der Waals surface area contributed by atoms with Gasteiger partial charge < -0.3 is 9.47 Å². The van der Waals surface area contributed by atoms with Crippen molar-refractivity contribution in [2.45, 2.75) is 24.4 Å². The Bertz CT molecular complexity index is 945. The Labute approximate surface area is 166 Å². The van der Waals surface area contributed by atoms with Crippen LogP contribution in [-0.4, -0.2) is 28.3 Å². The molecular formula is C19H18ClN3O3S. The van der Waals surface area contributed by atoms with Crippen LogP contribution >= 0.6 is 23.4 Å². The molecule has 0 aliphatic carbocycles. The highest BCUT2D eigenvalue weighted by molar-refractivity contribution is 7.98. The van der Waals surface area contributed by atoms with E-state index < -0.39 is 0 Å². The Hall–Kier alpha value is -2.51. The Balaban J connectivity index is 1.55. The number of methoxy groups -OCH3 is 1. The third-order valence-corrected chi connectivity index (χ3v) is 5.07. The molecule has 0 amide bonds. The maximum absolute atomic E-state index is 11.6. The van der Waals surface area contributed by atoms with E-state index in [2.05, 4.69) is 15.2 Å². The van der Waals surface area contributed by atoms with E-state index in [4.69, 9.17) is 21.1 Å². The van der Waals surface area contributed by atoms with E-state index in [-0.39, 0.29) is 12.6 Å². The molecule has 0 atom stereocenters. The molecule has 3 rings (SSSR count). The number of aromatic amines is 1. The van der Waals surface area contributed by atoms with Gasteiger partial charge in [-0.3, -0.25) is 5.10 Å². The molecule has 0 radical (unpaired) electrons. The number of halogens is 1. The van der Waals surface area contributed by atoms with Gasteiger partial charge >= 0.3 is 5.97 Å². The summed E-state index contributed by atoms with van der Waals surface area (Å²) in [6.07, 6.45) is 0. The van der Waals surface area contributed by atoms with Crippen LogP contribution < -0.4 is 4.74 Å². The smallest absolute Gasteiger partial charge is 0.337 e. The number of benzene rings is 2. The predicted molar refractivity (Wildman–Crippen MR) is 104 cm³/mol. The van der Waals surface area contributed by atoms with Crippen molar-refractivity contribution in [3.63, 3.8) is 0 Å². The van der Waals surface area contributed by atoms with Crippen molar-refractivity contribution in [1.29, 1.82) is 0 Å². The molecule has 140 valence electrons. The van der Waals surface area contributed by atoms with Crippen LogP contribution in [0, 0.1) is 6.92 Å². The zero-order valence-electron chi connectivity index (χ0n) is 14.9. The van der Waals surface area contributed by atoms with Crippen LogP contribution in [0.25, 0.3) is 0 Å². The van der Waals surface area contributed by atoms with Crippen molar-refractivity contribution < 1.29 is 14.3 Å². The number of thioether (sulfide) groups is 1. The molecule has 8 heteroatoms. The predicted octanol–water partition coefficient (Wildman–Crippen LogP) is 4.42. The molecule has 1 aromatic heterocycles. The molecule has 0 spiro atoms. The number of aromatic nitrogens is 3. The van der Waals surface area contributed by atoms with E-state index in [1.807, 2.05) is 31.2 Å². The lowest BCUT2D eigenvalue weighted by atomic mass is 10.1. The number of hydrogen-bond acceptors (Lipinski definition) is 6. The Morgan fingerprint density at radius 1 is 1.26 bits per heavy atom. The number of carbonyl (C=O) groups excluding carboxylic acids is 1. The second-order valence-electron chi connectivity index (χ2n) is 5.74. The van der Waals surface area contributed by atoms with Crippen LogP contribution in [0.15, 0.2) is 47.6 Å². The topological polar surface area (TPSA) is 77.1 Å². The number of carbonyl (C=O) groups is 1. The molecule has 1 N–H and O–H groups in total. The van der Waals surface area contributed by atoms with Gasteiger partial charge in [0, 0.05) is 10.8 Å². The molecule has 1 heterocycles. The SMILES string of the molecule is COC(=O)c1cccc(CSc2n[nH]c(COc3ccc(Cl)c(C)c3)n2)c1. The summed E-state index contributed by atoms with van der Waals surface area (Å²) in [4.78, 5) is 16.0. The Morgan fingerprint density at radius 2 is 2.11 bits per heavy atom. The Kier molecular flexibility index (Phi) is 6.36. The number of H-pyrrole nitrogens is 1. The first-order valence-corrected chi connectivity index (χ1v) is 9.52. The van der Waals surface area contributed by atoms with Crippen LogP contribution in [0.4, 0.5) is 0 Å². The molecule has 0 aliphatic rings. The molecule has 0 aliphatic heterocycles. The van der Waals surface area contributed by atoms with E-state index >= 15 is 0 Å². The highest BCUT2D eigenvalue weighted by Crippen LogP contribution is 2.23. The number of nitrogens with zero attached hydrogens (tertiary/aromatic N) is 2. The summed E-state index contributed by atoms with van der Waals surface area (Å²) in [7, 11) is 1.37. The second kappa shape index (κ2) is 8.92. The van der Waals surface area contributed by atoms with Gasteiger partial charge in [0.1, 0.15) is 12.4 Å². The van der Waals surface area contributed by atoms with Gasteiger partial charge in [0.2, 0.25) is 5.16 Å². The molecule has 2 aromatic carbocycles. The number of aryl methyl sites for hydroxylation is 1. The fraction of sp³-hybridized carbons (Fsp3) is 0.211. The quantitative estimate of drug-likeness (QED) is 0.464. The lowest BCUT2D eigenvalue weighted by Gasteiger charge is -2.05. The number of esters is 1. The number of hydrogen-bond donors (Lipinski definition) is 1. The first-order chi connectivity index (χ1) is 13.0. The highest BCUT2D eigenvalue weighted by Gasteiger charge is 2.08. The van der Waals surface area contributed by atoms with Gasteiger partial charge in [-0.25, -0.2) is 9.78 Å². The summed E-state index contributed by atoms with van der Waals surface area (Å²) in [6.45, 7) is 2.21. The van der Waals surface area contributed by atoms with Gasteiger partial charge in [0.05, 0.1) is 12.7 Å². The van der Waals surface area contributed by atoms with Crippen LogP contribution in [0.3, 0.4) is 0 Å². The van der Waals surface area contributed by atoms with E-state index in [9.17, 15) is 4.79 Å². The molecule has 6 nitrogen and oxygen atoms in total. The van der Waals surface area contributed by atoms with E-state index in [1.165, 1.54) is 18.9 Å². The van der Waals surface area contributed by atoms with Crippen LogP contribution in [0.1, 0.15) is 27.3 Å². The van der Waals surface area contributed by atoms with Crippen molar-refractivity contribution in [2.75, 3.05) is 7.11 Å². The first-order valence-electron chi connectivity index (χ1n) is 8.15. The third-order valence-electron chi connectivity index (χ3n) is 3.73. The van der Waals surface area contributed by atoms with Gasteiger partial charge in [-0.1, -0.05) is 35.5 Å². The minimum absolute atomic E-state index is 0.284. The zero-order chi connectivity index (χ0) is 19.2. The van der Waals surface area contributed by atoms with Gasteiger partial charge in [0.25, 0.3) is 0 Å². The normalized spacial score (nSPS) is 10.6. The summed E-state index contributed by atoms with van der Waals surface area (Å²) in [5.41, 5.74) is 2.47. The van der Waals surface area contributed by atoms with Crippen molar-refractivity contribution >= 4 is 29.3 Å². The summed E-state index contributed by atoms with van der Waals surface area (Å²) < 4.78 is 10.4. The molecule has 0 saturated carbocycles. The average molecular weight is 404 g/mol. The molecule has 3 aromatic rings. The van der Waals surface area contributed by atoms with Gasteiger partial charge in [-0.2, -0.15) is 0 Å². The van der Waals surface area contributed by atoms with Gasteiger partial charge in [-0.05, 0) is 48.4 Å². The zero-order valence-corrected chi connectivity index (χ0v) is 16.4. The van der Waals surface area contributed by atoms with Crippen molar-refractivity contribution in [3.05, 3.63) is 70.0 Å². The number of ether oxygens (including phenoxy) is 2. The lowest BCUT2D eigenvalue weighted by molar-refractivity contribution is 0.0600.